The van der Waals surface area contributed by atoms with Crippen molar-refractivity contribution in [2.24, 2.45) is 0 Å². The van der Waals surface area contributed by atoms with E-state index in [1.165, 1.54) is 6.33 Å². The number of imidazole rings is 1. The van der Waals surface area contributed by atoms with E-state index < -0.39 is 0 Å². The second kappa shape index (κ2) is 3.82. The third-order valence-electron chi connectivity index (χ3n) is 2.61. The lowest BCUT2D eigenvalue weighted by Crippen LogP contribution is -1.85. The standard InChI is InChI=1S/C12H9ClN4/c1-7-4-8(13)2-3-9(7)11-16-10-5-14-6-15-12(10)17-11/h2-6H,1H3,(H,14,15,16,17). The molecule has 0 saturated heterocycles. The fourth-order valence-corrected chi connectivity index (χ4v) is 2.01. The molecule has 0 bridgehead atoms. The zero-order valence-corrected chi connectivity index (χ0v) is 9.86. The lowest BCUT2D eigenvalue weighted by molar-refractivity contribution is 1.20. The molecule has 0 unspecified atom stereocenters. The summed E-state index contributed by atoms with van der Waals surface area (Å²) < 4.78 is 0. The summed E-state index contributed by atoms with van der Waals surface area (Å²) in [6, 6.07) is 5.71. The van der Waals surface area contributed by atoms with Crippen molar-refractivity contribution in [3.63, 3.8) is 0 Å². The van der Waals surface area contributed by atoms with Gasteiger partial charge in [0.05, 0.1) is 6.20 Å². The summed E-state index contributed by atoms with van der Waals surface area (Å²) in [4.78, 5) is 15.7. The van der Waals surface area contributed by atoms with Gasteiger partial charge in [-0.3, -0.25) is 0 Å². The molecule has 17 heavy (non-hydrogen) atoms. The van der Waals surface area contributed by atoms with Gasteiger partial charge in [-0.05, 0) is 30.7 Å². The van der Waals surface area contributed by atoms with Crippen molar-refractivity contribution in [2.75, 3.05) is 0 Å². The number of hydrogen-bond donors (Lipinski definition) is 1. The average molecular weight is 245 g/mol. The average Bonchev–Trinajstić information content (AvgIpc) is 2.72. The fraction of sp³-hybridized carbons (Fsp3) is 0.0833. The molecule has 0 aliphatic heterocycles. The number of aromatic nitrogens is 4. The van der Waals surface area contributed by atoms with E-state index in [1.54, 1.807) is 6.20 Å². The third kappa shape index (κ3) is 1.76. The molecule has 0 aliphatic rings. The van der Waals surface area contributed by atoms with E-state index in [1.807, 2.05) is 25.1 Å². The summed E-state index contributed by atoms with van der Waals surface area (Å²) in [5.41, 5.74) is 3.60. The SMILES string of the molecule is Cc1cc(Cl)ccc1-c1nc2ncncc2[nH]1. The van der Waals surface area contributed by atoms with Crippen LogP contribution in [-0.2, 0) is 0 Å². The maximum Gasteiger partial charge on any atom is 0.181 e. The van der Waals surface area contributed by atoms with Gasteiger partial charge in [-0.1, -0.05) is 11.6 Å². The van der Waals surface area contributed by atoms with E-state index in [4.69, 9.17) is 11.6 Å². The van der Waals surface area contributed by atoms with Crippen LogP contribution in [0.2, 0.25) is 5.02 Å². The van der Waals surface area contributed by atoms with Crippen molar-refractivity contribution >= 4 is 22.8 Å². The smallest absolute Gasteiger partial charge is 0.181 e. The molecule has 0 atom stereocenters. The second-order valence-corrected chi connectivity index (χ2v) is 4.24. The normalized spacial score (nSPS) is 10.9. The minimum atomic E-state index is 0.671. The van der Waals surface area contributed by atoms with Gasteiger partial charge in [0.25, 0.3) is 0 Å². The van der Waals surface area contributed by atoms with Gasteiger partial charge in [-0.25, -0.2) is 15.0 Å². The van der Waals surface area contributed by atoms with Crippen LogP contribution in [0.4, 0.5) is 0 Å². The van der Waals surface area contributed by atoms with Crippen molar-refractivity contribution in [1.29, 1.82) is 0 Å². The van der Waals surface area contributed by atoms with Crippen LogP contribution in [0.25, 0.3) is 22.6 Å². The molecule has 0 aliphatic carbocycles. The van der Waals surface area contributed by atoms with Crippen LogP contribution < -0.4 is 0 Å². The van der Waals surface area contributed by atoms with E-state index in [2.05, 4.69) is 19.9 Å². The molecule has 0 radical (unpaired) electrons. The van der Waals surface area contributed by atoms with Crippen LogP contribution in [0, 0.1) is 6.92 Å². The number of nitrogens with one attached hydrogen (secondary N) is 1. The lowest BCUT2D eigenvalue weighted by atomic mass is 10.1. The number of H-pyrrole nitrogens is 1. The zero-order valence-electron chi connectivity index (χ0n) is 9.11. The molecule has 4 nitrogen and oxygen atoms in total. The first-order valence-electron chi connectivity index (χ1n) is 5.16. The minimum absolute atomic E-state index is 0.671. The molecular weight excluding hydrogens is 236 g/mol. The number of aryl methyl sites for hydroxylation is 1. The summed E-state index contributed by atoms with van der Waals surface area (Å²) in [5, 5.41) is 0.724. The van der Waals surface area contributed by atoms with Crippen LogP contribution in [0.5, 0.6) is 0 Å². The lowest BCUT2D eigenvalue weighted by Gasteiger charge is -2.02. The Morgan fingerprint density at radius 1 is 1.29 bits per heavy atom. The fourth-order valence-electron chi connectivity index (χ4n) is 1.78. The topological polar surface area (TPSA) is 54.5 Å². The van der Waals surface area contributed by atoms with Crippen molar-refractivity contribution in [1.82, 2.24) is 19.9 Å². The Labute approximate surface area is 103 Å². The van der Waals surface area contributed by atoms with Crippen LogP contribution in [-0.4, -0.2) is 19.9 Å². The van der Waals surface area contributed by atoms with Gasteiger partial charge < -0.3 is 4.98 Å². The van der Waals surface area contributed by atoms with Gasteiger partial charge in [0.1, 0.15) is 17.7 Å². The number of hydrogen-bond acceptors (Lipinski definition) is 3. The molecule has 2 heterocycles. The highest BCUT2D eigenvalue weighted by atomic mass is 35.5. The summed E-state index contributed by atoms with van der Waals surface area (Å²) in [7, 11) is 0. The summed E-state index contributed by atoms with van der Waals surface area (Å²) >= 11 is 5.93. The van der Waals surface area contributed by atoms with Gasteiger partial charge in [0.15, 0.2) is 5.65 Å². The molecule has 3 aromatic rings. The number of rotatable bonds is 1. The molecule has 0 spiro atoms. The van der Waals surface area contributed by atoms with E-state index in [0.717, 1.165) is 27.5 Å². The molecule has 1 N–H and O–H groups in total. The summed E-state index contributed by atoms with van der Waals surface area (Å²) in [6.45, 7) is 2.00. The molecule has 0 amide bonds. The Balaban J connectivity index is 2.20. The third-order valence-corrected chi connectivity index (χ3v) is 2.84. The van der Waals surface area contributed by atoms with Gasteiger partial charge in [-0.15, -0.1) is 0 Å². The largest absolute Gasteiger partial charge is 0.335 e. The molecule has 0 saturated carbocycles. The first-order valence-corrected chi connectivity index (χ1v) is 5.54. The number of aromatic amines is 1. The van der Waals surface area contributed by atoms with Crippen molar-refractivity contribution in [3.8, 4) is 11.4 Å². The van der Waals surface area contributed by atoms with E-state index in [-0.39, 0.29) is 0 Å². The minimum Gasteiger partial charge on any atom is -0.335 e. The molecule has 0 fully saturated rings. The van der Waals surface area contributed by atoms with E-state index in [9.17, 15) is 0 Å². The van der Waals surface area contributed by atoms with Gasteiger partial charge >= 0.3 is 0 Å². The first kappa shape index (κ1) is 10.2. The van der Waals surface area contributed by atoms with E-state index >= 15 is 0 Å². The quantitative estimate of drug-likeness (QED) is 0.716. The molecule has 1 aromatic carbocycles. The second-order valence-electron chi connectivity index (χ2n) is 3.80. The molecule has 84 valence electrons. The van der Waals surface area contributed by atoms with Gasteiger partial charge in [0, 0.05) is 10.6 Å². The Hall–Kier alpha value is -1.94. The Morgan fingerprint density at radius 3 is 2.94 bits per heavy atom. The summed E-state index contributed by atoms with van der Waals surface area (Å²) in [6.07, 6.45) is 3.20. The predicted octanol–water partition coefficient (Wildman–Crippen LogP) is 2.98. The van der Waals surface area contributed by atoms with Gasteiger partial charge in [-0.2, -0.15) is 0 Å². The predicted molar refractivity (Wildman–Crippen MR) is 66.9 cm³/mol. The Morgan fingerprint density at radius 2 is 2.18 bits per heavy atom. The number of nitrogens with zero attached hydrogens (tertiary/aromatic N) is 3. The van der Waals surface area contributed by atoms with Crippen LogP contribution in [0.3, 0.4) is 0 Å². The van der Waals surface area contributed by atoms with Crippen LogP contribution in [0.15, 0.2) is 30.7 Å². The molecule has 3 rings (SSSR count). The van der Waals surface area contributed by atoms with Crippen molar-refractivity contribution < 1.29 is 0 Å². The Bertz CT molecular complexity index is 657. The summed E-state index contributed by atoms with van der Waals surface area (Å²) in [5.74, 6) is 0.787. The van der Waals surface area contributed by atoms with Crippen molar-refractivity contribution in [3.05, 3.63) is 41.3 Å². The van der Waals surface area contributed by atoms with Crippen LogP contribution >= 0.6 is 11.6 Å². The van der Waals surface area contributed by atoms with Crippen LogP contribution in [0.1, 0.15) is 5.56 Å². The zero-order chi connectivity index (χ0) is 11.8. The monoisotopic (exact) mass is 244 g/mol. The number of benzene rings is 1. The van der Waals surface area contributed by atoms with E-state index in [0.29, 0.717) is 5.65 Å². The molecule has 5 heteroatoms. The number of fused-ring (bicyclic) bond motifs is 1. The highest BCUT2D eigenvalue weighted by Crippen LogP contribution is 2.24. The molecule has 2 aromatic heterocycles. The number of halogens is 1. The van der Waals surface area contributed by atoms with Crippen molar-refractivity contribution in [2.45, 2.75) is 6.92 Å². The highest BCUT2D eigenvalue weighted by molar-refractivity contribution is 6.30. The maximum atomic E-state index is 5.93. The van der Waals surface area contributed by atoms with Gasteiger partial charge in [0.2, 0.25) is 0 Å². The maximum absolute atomic E-state index is 5.93. The first-order chi connectivity index (χ1) is 8.24. The Kier molecular flexibility index (Phi) is 2.30. The highest BCUT2D eigenvalue weighted by Gasteiger charge is 2.08. The molecular formula is C12H9ClN4.